The zero-order chi connectivity index (χ0) is 12.4. The quantitative estimate of drug-likeness (QED) is 0.918. The van der Waals surface area contributed by atoms with Crippen LogP contribution in [-0.4, -0.2) is 24.5 Å². The molecule has 2 fully saturated rings. The summed E-state index contributed by atoms with van der Waals surface area (Å²) in [6.07, 6.45) is 5.34. The van der Waals surface area contributed by atoms with Crippen molar-refractivity contribution >= 4 is 12.4 Å². The van der Waals surface area contributed by atoms with Crippen LogP contribution in [0.15, 0.2) is 24.3 Å². The molecule has 19 heavy (non-hydrogen) atoms. The SMILES string of the molecule is Cl.NCC1CCN(Cc2cccc(C3CC3)c2)CC1. The molecule has 2 nitrogen and oxygen atoms in total. The van der Waals surface area contributed by atoms with Gasteiger partial charge in [-0.25, -0.2) is 0 Å². The van der Waals surface area contributed by atoms with Crippen molar-refractivity contribution < 1.29 is 0 Å². The predicted octanol–water partition coefficient (Wildman–Crippen LogP) is 3.16. The first-order chi connectivity index (χ1) is 8.85. The normalized spacial score (nSPS) is 21.1. The first kappa shape index (κ1) is 14.8. The zero-order valence-corrected chi connectivity index (χ0v) is 12.4. The third-order valence-electron chi connectivity index (χ3n) is 4.45. The molecule has 0 bridgehead atoms. The fourth-order valence-electron chi connectivity index (χ4n) is 3.00. The van der Waals surface area contributed by atoms with Gasteiger partial charge in [0.1, 0.15) is 0 Å². The molecule has 1 saturated carbocycles. The molecule has 1 aliphatic carbocycles. The molecule has 1 saturated heterocycles. The van der Waals surface area contributed by atoms with Crippen LogP contribution in [0.5, 0.6) is 0 Å². The van der Waals surface area contributed by atoms with Crippen LogP contribution >= 0.6 is 12.4 Å². The van der Waals surface area contributed by atoms with Crippen molar-refractivity contribution in [2.75, 3.05) is 19.6 Å². The van der Waals surface area contributed by atoms with Gasteiger partial charge in [-0.05, 0) is 68.3 Å². The lowest BCUT2D eigenvalue weighted by Crippen LogP contribution is -2.35. The summed E-state index contributed by atoms with van der Waals surface area (Å²) in [7, 11) is 0. The van der Waals surface area contributed by atoms with E-state index in [0.29, 0.717) is 0 Å². The number of hydrogen-bond acceptors (Lipinski definition) is 2. The predicted molar refractivity (Wildman–Crippen MR) is 82.7 cm³/mol. The molecule has 0 spiro atoms. The van der Waals surface area contributed by atoms with Crippen LogP contribution in [0.4, 0.5) is 0 Å². The summed E-state index contributed by atoms with van der Waals surface area (Å²) < 4.78 is 0. The molecule has 0 atom stereocenters. The molecule has 0 aromatic heterocycles. The second kappa shape index (κ2) is 6.74. The molecule has 1 aromatic carbocycles. The average molecular weight is 281 g/mol. The van der Waals surface area contributed by atoms with E-state index in [9.17, 15) is 0 Å². The topological polar surface area (TPSA) is 29.3 Å². The number of rotatable bonds is 4. The smallest absolute Gasteiger partial charge is 0.0233 e. The second-order valence-electron chi connectivity index (χ2n) is 5.97. The van der Waals surface area contributed by atoms with Crippen LogP contribution in [0.3, 0.4) is 0 Å². The Labute approximate surface area is 122 Å². The molecule has 0 unspecified atom stereocenters. The number of likely N-dealkylation sites (tertiary alicyclic amines) is 1. The summed E-state index contributed by atoms with van der Waals surface area (Å²) in [5, 5.41) is 0. The van der Waals surface area contributed by atoms with E-state index < -0.39 is 0 Å². The van der Waals surface area contributed by atoms with E-state index in [1.165, 1.54) is 44.3 Å². The highest BCUT2D eigenvalue weighted by molar-refractivity contribution is 5.85. The maximum absolute atomic E-state index is 5.74. The number of hydrogen-bond donors (Lipinski definition) is 1. The fourth-order valence-corrected chi connectivity index (χ4v) is 3.00. The highest BCUT2D eigenvalue weighted by Gasteiger charge is 2.23. The summed E-state index contributed by atoms with van der Waals surface area (Å²) in [6.45, 7) is 4.42. The molecular weight excluding hydrogens is 256 g/mol. The minimum Gasteiger partial charge on any atom is -0.330 e. The van der Waals surface area contributed by atoms with Gasteiger partial charge in [0.05, 0.1) is 0 Å². The molecule has 2 N–H and O–H groups in total. The molecule has 2 aliphatic rings. The van der Waals surface area contributed by atoms with Crippen molar-refractivity contribution in [1.29, 1.82) is 0 Å². The van der Waals surface area contributed by atoms with Crippen LogP contribution in [0.1, 0.15) is 42.7 Å². The lowest BCUT2D eigenvalue weighted by Gasteiger charge is -2.31. The van der Waals surface area contributed by atoms with Gasteiger partial charge in [-0.3, -0.25) is 4.90 Å². The highest BCUT2D eigenvalue weighted by Crippen LogP contribution is 2.40. The molecule has 1 heterocycles. The number of nitrogens with two attached hydrogens (primary N) is 1. The van der Waals surface area contributed by atoms with Crippen molar-refractivity contribution in [3.8, 4) is 0 Å². The summed E-state index contributed by atoms with van der Waals surface area (Å²) in [5.74, 6) is 1.63. The number of benzene rings is 1. The van der Waals surface area contributed by atoms with Crippen molar-refractivity contribution in [2.24, 2.45) is 11.7 Å². The highest BCUT2D eigenvalue weighted by atomic mass is 35.5. The Morgan fingerprint density at radius 3 is 2.47 bits per heavy atom. The molecule has 0 amide bonds. The summed E-state index contributed by atoms with van der Waals surface area (Å²) >= 11 is 0. The van der Waals surface area contributed by atoms with Gasteiger partial charge in [0.25, 0.3) is 0 Å². The monoisotopic (exact) mass is 280 g/mol. The average Bonchev–Trinajstić information content (AvgIpc) is 3.24. The first-order valence-electron chi connectivity index (χ1n) is 7.36. The Bertz CT molecular complexity index is 395. The Morgan fingerprint density at radius 1 is 1.11 bits per heavy atom. The van der Waals surface area contributed by atoms with Crippen molar-refractivity contribution in [1.82, 2.24) is 4.90 Å². The van der Waals surface area contributed by atoms with E-state index in [1.54, 1.807) is 5.56 Å². The lowest BCUT2D eigenvalue weighted by atomic mass is 9.96. The third kappa shape index (κ3) is 3.95. The van der Waals surface area contributed by atoms with E-state index in [-0.39, 0.29) is 12.4 Å². The van der Waals surface area contributed by atoms with Gasteiger partial charge in [0.15, 0.2) is 0 Å². The Balaban J connectivity index is 0.00000133. The van der Waals surface area contributed by atoms with Gasteiger partial charge < -0.3 is 5.73 Å². The van der Waals surface area contributed by atoms with Crippen LogP contribution < -0.4 is 5.73 Å². The van der Waals surface area contributed by atoms with Crippen LogP contribution in [0.2, 0.25) is 0 Å². The zero-order valence-electron chi connectivity index (χ0n) is 11.6. The Hall–Kier alpha value is -0.570. The van der Waals surface area contributed by atoms with E-state index in [4.69, 9.17) is 5.73 Å². The molecule has 3 heteroatoms. The van der Waals surface area contributed by atoms with Gasteiger partial charge in [-0.2, -0.15) is 0 Å². The van der Waals surface area contributed by atoms with Gasteiger partial charge >= 0.3 is 0 Å². The molecule has 1 aromatic rings. The molecule has 106 valence electrons. The van der Waals surface area contributed by atoms with Gasteiger partial charge in [-0.1, -0.05) is 24.3 Å². The largest absolute Gasteiger partial charge is 0.330 e. The number of nitrogens with zero attached hydrogens (tertiary/aromatic N) is 1. The maximum Gasteiger partial charge on any atom is 0.0233 e. The van der Waals surface area contributed by atoms with Gasteiger partial charge in [0, 0.05) is 6.54 Å². The number of halogens is 1. The van der Waals surface area contributed by atoms with Crippen LogP contribution in [-0.2, 0) is 6.54 Å². The standard InChI is InChI=1S/C16H24N2.ClH/c17-11-13-6-8-18(9-7-13)12-14-2-1-3-16(10-14)15-4-5-15;/h1-3,10,13,15H,4-9,11-12,17H2;1H. The maximum atomic E-state index is 5.74. The second-order valence-corrected chi connectivity index (χ2v) is 5.97. The van der Waals surface area contributed by atoms with E-state index >= 15 is 0 Å². The van der Waals surface area contributed by atoms with Crippen molar-refractivity contribution in [2.45, 2.75) is 38.1 Å². The van der Waals surface area contributed by atoms with Crippen LogP contribution in [0.25, 0.3) is 0 Å². The van der Waals surface area contributed by atoms with E-state index in [1.807, 2.05) is 0 Å². The first-order valence-corrected chi connectivity index (χ1v) is 7.36. The van der Waals surface area contributed by atoms with Gasteiger partial charge in [-0.15, -0.1) is 12.4 Å². The summed E-state index contributed by atoms with van der Waals surface area (Å²) in [4.78, 5) is 2.58. The van der Waals surface area contributed by atoms with Crippen molar-refractivity contribution in [3.05, 3.63) is 35.4 Å². The van der Waals surface area contributed by atoms with E-state index in [2.05, 4.69) is 29.2 Å². The lowest BCUT2D eigenvalue weighted by molar-refractivity contribution is 0.180. The minimum atomic E-state index is 0. The Morgan fingerprint density at radius 2 is 1.84 bits per heavy atom. The molecule has 1 aliphatic heterocycles. The molecule has 3 rings (SSSR count). The third-order valence-corrected chi connectivity index (χ3v) is 4.45. The minimum absolute atomic E-state index is 0. The fraction of sp³-hybridized carbons (Fsp3) is 0.625. The van der Waals surface area contributed by atoms with Crippen LogP contribution in [0, 0.1) is 5.92 Å². The van der Waals surface area contributed by atoms with Gasteiger partial charge in [0.2, 0.25) is 0 Å². The molecule has 0 radical (unpaired) electrons. The Kier molecular flexibility index (Phi) is 5.26. The molecular formula is C16H25ClN2. The summed E-state index contributed by atoms with van der Waals surface area (Å²) in [5.41, 5.74) is 8.79. The number of piperidine rings is 1. The summed E-state index contributed by atoms with van der Waals surface area (Å²) in [6, 6.07) is 9.23. The van der Waals surface area contributed by atoms with Crippen molar-refractivity contribution in [3.63, 3.8) is 0 Å². The van der Waals surface area contributed by atoms with E-state index in [0.717, 1.165) is 24.9 Å².